The van der Waals surface area contributed by atoms with Crippen molar-refractivity contribution < 1.29 is 22.7 Å². The molecule has 0 saturated heterocycles. The first-order chi connectivity index (χ1) is 15.2. The summed E-state index contributed by atoms with van der Waals surface area (Å²) in [6, 6.07) is 16.3. The highest BCUT2D eigenvalue weighted by molar-refractivity contribution is 7.89. The summed E-state index contributed by atoms with van der Waals surface area (Å²) in [6.07, 6.45) is 0.969. The van der Waals surface area contributed by atoms with E-state index in [9.17, 15) is 18.0 Å². The lowest BCUT2D eigenvalue weighted by Crippen LogP contribution is -2.30. The molecule has 1 saturated carbocycles. The Hall–Kier alpha value is -3.50. The van der Waals surface area contributed by atoms with Gasteiger partial charge in [0.05, 0.1) is 16.3 Å². The van der Waals surface area contributed by atoms with Crippen molar-refractivity contribution in [3.63, 3.8) is 0 Å². The van der Waals surface area contributed by atoms with Crippen LogP contribution in [0.3, 0.4) is 0 Å². The molecule has 2 aromatic carbocycles. The zero-order valence-electron chi connectivity index (χ0n) is 17.3. The summed E-state index contributed by atoms with van der Waals surface area (Å²) in [5.74, 6) is -0.886. The molecular formula is C22H22N4O5S. The van der Waals surface area contributed by atoms with Crippen molar-refractivity contribution in [1.82, 2.24) is 9.78 Å². The number of sulfonamides is 1. The van der Waals surface area contributed by atoms with E-state index in [2.05, 4.69) is 10.4 Å². The van der Waals surface area contributed by atoms with Crippen LogP contribution in [0.4, 0.5) is 5.69 Å². The van der Waals surface area contributed by atoms with Crippen LogP contribution in [0.2, 0.25) is 0 Å². The number of carbonyl (C=O) groups is 2. The number of primary sulfonamides is 1. The van der Waals surface area contributed by atoms with Crippen LogP contribution in [-0.4, -0.2) is 36.2 Å². The van der Waals surface area contributed by atoms with Crippen molar-refractivity contribution >= 4 is 27.6 Å². The first-order valence-corrected chi connectivity index (χ1v) is 11.6. The Morgan fingerprint density at radius 1 is 1.12 bits per heavy atom. The number of benzene rings is 2. The molecule has 0 bridgehead atoms. The van der Waals surface area contributed by atoms with E-state index in [0.29, 0.717) is 11.6 Å². The predicted octanol–water partition coefficient (Wildman–Crippen LogP) is 2.58. The number of anilines is 1. The van der Waals surface area contributed by atoms with E-state index < -0.39 is 28.0 Å². The highest BCUT2D eigenvalue weighted by Crippen LogP contribution is 2.39. The van der Waals surface area contributed by atoms with E-state index in [4.69, 9.17) is 9.88 Å². The number of carbonyl (C=O) groups excluding carboxylic acids is 2. The third-order valence-corrected chi connectivity index (χ3v) is 5.97. The van der Waals surface area contributed by atoms with Crippen LogP contribution >= 0.6 is 0 Å². The molecule has 9 nitrogen and oxygen atoms in total. The molecule has 0 radical (unpaired) electrons. The zero-order valence-corrected chi connectivity index (χ0v) is 18.1. The first kappa shape index (κ1) is 21.7. The Morgan fingerprint density at radius 2 is 1.78 bits per heavy atom. The van der Waals surface area contributed by atoms with Gasteiger partial charge < -0.3 is 10.1 Å². The van der Waals surface area contributed by atoms with E-state index in [1.165, 1.54) is 35.9 Å². The lowest BCUT2D eigenvalue weighted by Gasteiger charge is -2.14. The second-order valence-electron chi connectivity index (χ2n) is 7.58. The van der Waals surface area contributed by atoms with Crippen LogP contribution in [0.15, 0.2) is 65.6 Å². The fourth-order valence-electron chi connectivity index (χ4n) is 3.14. The standard InChI is InChI=1S/C22H22N4O5S/c1-14(21(27)24-16-9-11-18(12-10-16)32(23,29)30)31-22(28)20-13-19(15-7-8-15)25-26(20)17-5-3-2-4-6-17/h2-6,9-15H,7-8H2,1H3,(H,24,27)(H2,23,29,30). The summed E-state index contributed by atoms with van der Waals surface area (Å²) < 4.78 is 29.6. The number of aromatic nitrogens is 2. The number of rotatable bonds is 7. The molecule has 1 aromatic heterocycles. The van der Waals surface area contributed by atoms with Crippen molar-refractivity contribution in [3.8, 4) is 5.69 Å². The van der Waals surface area contributed by atoms with Crippen molar-refractivity contribution in [2.45, 2.75) is 36.7 Å². The molecule has 1 fully saturated rings. The Labute approximate surface area is 185 Å². The average Bonchev–Trinajstić information content (AvgIpc) is 3.52. The van der Waals surface area contributed by atoms with Gasteiger partial charge >= 0.3 is 5.97 Å². The van der Waals surface area contributed by atoms with E-state index in [1.54, 1.807) is 6.07 Å². The maximum atomic E-state index is 12.9. The molecule has 10 heteroatoms. The summed E-state index contributed by atoms with van der Waals surface area (Å²) in [4.78, 5) is 25.3. The van der Waals surface area contributed by atoms with Crippen molar-refractivity contribution in [1.29, 1.82) is 0 Å². The minimum Gasteiger partial charge on any atom is -0.448 e. The Kier molecular flexibility index (Phi) is 5.81. The van der Waals surface area contributed by atoms with Gasteiger partial charge in [0.1, 0.15) is 0 Å². The number of nitrogens with two attached hydrogens (primary N) is 1. The monoisotopic (exact) mass is 454 g/mol. The van der Waals surface area contributed by atoms with Gasteiger partial charge in [0, 0.05) is 11.6 Å². The van der Waals surface area contributed by atoms with Gasteiger partial charge in [-0.25, -0.2) is 23.0 Å². The number of ether oxygens (including phenoxy) is 1. The molecule has 32 heavy (non-hydrogen) atoms. The Balaban J connectivity index is 1.47. The van der Waals surface area contributed by atoms with Crippen molar-refractivity contribution in [2.24, 2.45) is 5.14 Å². The molecule has 4 rings (SSSR count). The molecule has 0 spiro atoms. The minimum atomic E-state index is -3.83. The quantitative estimate of drug-likeness (QED) is 0.527. The molecule has 1 unspecified atom stereocenters. The summed E-state index contributed by atoms with van der Waals surface area (Å²) in [5, 5.41) is 12.2. The number of amides is 1. The SMILES string of the molecule is CC(OC(=O)c1cc(C2CC2)nn1-c1ccccc1)C(=O)Nc1ccc(S(N)(=O)=O)cc1. The smallest absolute Gasteiger partial charge is 0.357 e. The Bertz CT molecular complexity index is 1250. The van der Waals surface area contributed by atoms with Gasteiger partial charge in [-0.1, -0.05) is 18.2 Å². The molecule has 1 aliphatic carbocycles. The van der Waals surface area contributed by atoms with Gasteiger partial charge in [0.2, 0.25) is 10.0 Å². The van der Waals surface area contributed by atoms with Gasteiger partial charge in [-0.2, -0.15) is 5.10 Å². The van der Waals surface area contributed by atoms with Crippen molar-refractivity contribution in [3.05, 3.63) is 72.1 Å². The molecule has 0 aliphatic heterocycles. The van der Waals surface area contributed by atoms with Gasteiger partial charge in [-0.3, -0.25) is 4.79 Å². The lowest BCUT2D eigenvalue weighted by atomic mass is 10.2. The maximum absolute atomic E-state index is 12.9. The number of nitrogens with one attached hydrogen (secondary N) is 1. The summed E-state index contributed by atoms with van der Waals surface area (Å²) in [5.41, 5.74) is 2.14. The molecular weight excluding hydrogens is 432 g/mol. The fraction of sp³-hybridized carbons (Fsp3) is 0.227. The lowest BCUT2D eigenvalue weighted by molar-refractivity contribution is -0.123. The first-order valence-electron chi connectivity index (χ1n) is 10.0. The predicted molar refractivity (Wildman–Crippen MR) is 117 cm³/mol. The summed E-state index contributed by atoms with van der Waals surface area (Å²) >= 11 is 0. The molecule has 1 aliphatic rings. The Morgan fingerprint density at radius 3 is 2.38 bits per heavy atom. The van der Waals surface area contributed by atoms with Crippen LogP contribution in [-0.2, 0) is 19.6 Å². The molecule has 1 amide bonds. The number of hydrogen-bond donors (Lipinski definition) is 2. The van der Waals surface area contributed by atoms with Crippen LogP contribution in [0.25, 0.3) is 5.69 Å². The van der Waals surface area contributed by atoms with Gasteiger partial charge in [-0.15, -0.1) is 0 Å². The van der Waals surface area contributed by atoms with Gasteiger partial charge in [0.25, 0.3) is 5.91 Å². The molecule has 1 heterocycles. The van der Waals surface area contributed by atoms with E-state index in [1.807, 2.05) is 30.3 Å². The maximum Gasteiger partial charge on any atom is 0.357 e. The summed E-state index contributed by atoms with van der Waals surface area (Å²) in [6.45, 7) is 1.46. The normalized spacial score (nSPS) is 14.6. The van der Waals surface area contributed by atoms with Gasteiger partial charge in [-0.05, 0) is 62.2 Å². The largest absolute Gasteiger partial charge is 0.448 e. The molecule has 3 aromatic rings. The van der Waals surface area contributed by atoms with Crippen LogP contribution in [0, 0.1) is 0 Å². The average molecular weight is 455 g/mol. The van der Waals surface area contributed by atoms with Crippen LogP contribution in [0.5, 0.6) is 0 Å². The topological polar surface area (TPSA) is 133 Å². The van der Waals surface area contributed by atoms with Crippen molar-refractivity contribution in [2.75, 3.05) is 5.32 Å². The van der Waals surface area contributed by atoms with E-state index in [0.717, 1.165) is 24.2 Å². The van der Waals surface area contributed by atoms with Crippen LogP contribution in [0.1, 0.15) is 41.9 Å². The second kappa shape index (κ2) is 8.56. The second-order valence-corrected chi connectivity index (χ2v) is 9.14. The number of hydrogen-bond acceptors (Lipinski definition) is 6. The molecule has 166 valence electrons. The highest BCUT2D eigenvalue weighted by atomic mass is 32.2. The highest BCUT2D eigenvalue weighted by Gasteiger charge is 2.30. The zero-order chi connectivity index (χ0) is 22.9. The third kappa shape index (κ3) is 4.87. The van der Waals surface area contributed by atoms with E-state index >= 15 is 0 Å². The fourth-order valence-corrected chi connectivity index (χ4v) is 3.65. The van der Waals surface area contributed by atoms with Crippen LogP contribution < -0.4 is 10.5 Å². The molecule has 3 N–H and O–H groups in total. The number of para-hydroxylation sites is 1. The third-order valence-electron chi connectivity index (χ3n) is 5.04. The number of esters is 1. The number of nitrogens with zero attached hydrogens (tertiary/aromatic N) is 2. The minimum absolute atomic E-state index is 0.0735. The summed E-state index contributed by atoms with van der Waals surface area (Å²) in [7, 11) is -3.83. The van der Waals surface area contributed by atoms with Gasteiger partial charge in [0.15, 0.2) is 11.8 Å². The van der Waals surface area contributed by atoms with E-state index in [-0.39, 0.29) is 10.6 Å². The molecule has 1 atom stereocenters.